The van der Waals surface area contributed by atoms with E-state index in [2.05, 4.69) is 12.2 Å². The van der Waals surface area contributed by atoms with Gasteiger partial charge >= 0.3 is 0 Å². The quantitative estimate of drug-likeness (QED) is 0.789. The van der Waals surface area contributed by atoms with Crippen LogP contribution in [0, 0.1) is 0 Å². The van der Waals surface area contributed by atoms with Gasteiger partial charge in [-0.05, 0) is 31.5 Å². The summed E-state index contributed by atoms with van der Waals surface area (Å²) in [6.45, 7) is 3.74. The summed E-state index contributed by atoms with van der Waals surface area (Å²) in [5.41, 5.74) is 1.03. The van der Waals surface area contributed by atoms with Crippen molar-refractivity contribution in [1.82, 2.24) is 5.32 Å². The monoisotopic (exact) mass is 261 g/mol. The minimum Gasteiger partial charge on any atom is -0.385 e. The fourth-order valence-electron chi connectivity index (χ4n) is 1.50. The standard InChI is InChI=1S/C12H17Cl2NO/c1-9(15-7-4-8-16-2)10-5-3-6-11(13)12(10)14/h3,5-6,9,15H,4,7-8H2,1-2H3. The third-order valence-electron chi connectivity index (χ3n) is 2.42. The Bertz CT molecular complexity index is 331. The van der Waals surface area contributed by atoms with E-state index in [0.29, 0.717) is 10.0 Å². The number of rotatable bonds is 6. The van der Waals surface area contributed by atoms with Crippen molar-refractivity contribution < 1.29 is 4.74 Å². The van der Waals surface area contributed by atoms with Gasteiger partial charge in [0.15, 0.2) is 0 Å². The molecule has 0 bridgehead atoms. The molecule has 1 N–H and O–H groups in total. The molecular weight excluding hydrogens is 245 g/mol. The molecule has 0 amide bonds. The van der Waals surface area contributed by atoms with Crippen LogP contribution in [0.25, 0.3) is 0 Å². The lowest BCUT2D eigenvalue weighted by Gasteiger charge is -2.16. The van der Waals surface area contributed by atoms with E-state index in [1.54, 1.807) is 13.2 Å². The van der Waals surface area contributed by atoms with E-state index < -0.39 is 0 Å². The third kappa shape index (κ3) is 3.95. The largest absolute Gasteiger partial charge is 0.385 e. The number of hydrogen-bond donors (Lipinski definition) is 1. The zero-order valence-electron chi connectivity index (χ0n) is 9.59. The normalized spacial score (nSPS) is 12.8. The van der Waals surface area contributed by atoms with Gasteiger partial charge < -0.3 is 10.1 Å². The molecule has 0 radical (unpaired) electrons. The first-order chi connectivity index (χ1) is 7.66. The molecule has 16 heavy (non-hydrogen) atoms. The highest BCUT2D eigenvalue weighted by Gasteiger charge is 2.10. The van der Waals surface area contributed by atoms with Gasteiger partial charge in [-0.2, -0.15) is 0 Å². The molecule has 0 saturated heterocycles. The molecule has 4 heteroatoms. The van der Waals surface area contributed by atoms with Crippen molar-refractivity contribution in [2.45, 2.75) is 19.4 Å². The maximum atomic E-state index is 6.13. The molecule has 1 aromatic rings. The third-order valence-corrected chi connectivity index (χ3v) is 3.26. The predicted octanol–water partition coefficient (Wildman–Crippen LogP) is 3.68. The minimum atomic E-state index is 0.197. The number of hydrogen-bond acceptors (Lipinski definition) is 2. The maximum absolute atomic E-state index is 6.13. The Labute approximate surface area is 107 Å². The zero-order chi connectivity index (χ0) is 12.0. The van der Waals surface area contributed by atoms with Crippen molar-refractivity contribution in [2.75, 3.05) is 20.3 Å². The number of halogens is 2. The smallest absolute Gasteiger partial charge is 0.0639 e. The second kappa shape index (κ2) is 7.13. The van der Waals surface area contributed by atoms with E-state index >= 15 is 0 Å². The molecule has 0 heterocycles. The van der Waals surface area contributed by atoms with E-state index in [-0.39, 0.29) is 6.04 Å². The van der Waals surface area contributed by atoms with E-state index in [9.17, 15) is 0 Å². The average Bonchev–Trinajstić information content (AvgIpc) is 2.28. The summed E-state index contributed by atoms with van der Waals surface area (Å²) in [5, 5.41) is 4.62. The van der Waals surface area contributed by atoms with E-state index in [0.717, 1.165) is 25.1 Å². The first-order valence-electron chi connectivity index (χ1n) is 5.33. The van der Waals surface area contributed by atoms with E-state index in [1.807, 2.05) is 12.1 Å². The molecule has 1 rings (SSSR count). The molecule has 90 valence electrons. The second-order valence-electron chi connectivity index (χ2n) is 3.67. The Morgan fingerprint density at radius 2 is 2.12 bits per heavy atom. The lowest BCUT2D eigenvalue weighted by atomic mass is 10.1. The van der Waals surface area contributed by atoms with Gasteiger partial charge in [-0.3, -0.25) is 0 Å². The predicted molar refractivity (Wildman–Crippen MR) is 69.4 cm³/mol. The summed E-state index contributed by atoms with van der Waals surface area (Å²) >= 11 is 12.1. The fraction of sp³-hybridized carbons (Fsp3) is 0.500. The lowest BCUT2D eigenvalue weighted by molar-refractivity contribution is 0.193. The highest BCUT2D eigenvalue weighted by atomic mass is 35.5. The van der Waals surface area contributed by atoms with Crippen LogP contribution in [0.4, 0.5) is 0 Å². The first-order valence-corrected chi connectivity index (χ1v) is 6.08. The van der Waals surface area contributed by atoms with Crippen LogP contribution >= 0.6 is 23.2 Å². The van der Waals surface area contributed by atoms with Gasteiger partial charge in [-0.15, -0.1) is 0 Å². The Hall–Kier alpha value is -0.280. The molecule has 1 atom stereocenters. The SMILES string of the molecule is COCCCNC(C)c1cccc(Cl)c1Cl. The van der Waals surface area contributed by atoms with Crippen LogP contribution in [0.2, 0.25) is 10.0 Å². The van der Waals surface area contributed by atoms with E-state index in [4.69, 9.17) is 27.9 Å². The Kier molecular flexibility index (Phi) is 6.14. The maximum Gasteiger partial charge on any atom is 0.0639 e. The van der Waals surface area contributed by atoms with Gasteiger partial charge in [-0.1, -0.05) is 35.3 Å². The van der Waals surface area contributed by atoms with Crippen molar-refractivity contribution in [2.24, 2.45) is 0 Å². The van der Waals surface area contributed by atoms with Gasteiger partial charge in [-0.25, -0.2) is 0 Å². The summed E-state index contributed by atoms with van der Waals surface area (Å²) < 4.78 is 4.99. The molecule has 1 aromatic carbocycles. The van der Waals surface area contributed by atoms with Gasteiger partial charge in [0.2, 0.25) is 0 Å². The lowest BCUT2D eigenvalue weighted by Crippen LogP contribution is -2.21. The van der Waals surface area contributed by atoms with Crippen molar-refractivity contribution in [3.8, 4) is 0 Å². The molecule has 0 spiro atoms. The Morgan fingerprint density at radius 1 is 1.38 bits per heavy atom. The molecule has 0 aliphatic rings. The summed E-state index contributed by atoms with van der Waals surface area (Å²) in [6.07, 6.45) is 0.985. The van der Waals surface area contributed by atoms with Crippen LogP contribution < -0.4 is 5.32 Å². The zero-order valence-corrected chi connectivity index (χ0v) is 11.1. The topological polar surface area (TPSA) is 21.3 Å². The number of nitrogens with one attached hydrogen (secondary N) is 1. The summed E-state index contributed by atoms with van der Waals surface area (Å²) in [6, 6.07) is 5.90. The van der Waals surface area contributed by atoms with Crippen LogP contribution in [0.3, 0.4) is 0 Å². The Morgan fingerprint density at radius 3 is 2.81 bits per heavy atom. The van der Waals surface area contributed by atoms with Crippen LogP contribution in [-0.4, -0.2) is 20.3 Å². The van der Waals surface area contributed by atoms with Gasteiger partial charge in [0, 0.05) is 19.8 Å². The number of ether oxygens (including phenoxy) is 1. The van der Waals surface area contributed by atoms with Crippen molar-refractivity contribution in [1.29, 1.82) is 0 Å². The van der Waals surface area contributed by atoms with Gasteiger partial charge in [0.1, 0.15) is 0 Å². The Balaban J connectivity index is 2.52. The van der Waals surface area contributed by atoms with E-state index in [1.165, 1.54) is 0 Å². The summed E-state index contributed by atoms with van der Waals surface area (Å²) in [5.74, 6) is 0. The number of methoxy groups -OCH3 is 1. The minimum absolute atomic E-state index is 0.197. The second-order valence-corrected chi connectivity index (χ2v) is 4.45. The molecule has 0 aliphatic heterocycles. The van der Waals surface area contributed by atoms with Crippen molar-refractivity contribution in [3.05, 3.63) is 33.8 Å². The highest BCUT2D eigenvalue weighted by molar-refractivity contribution is 6.42. The molecular formula is C12H17Cl2NO. The van der Waals surface area contributed by atoms with Crippen LogP contribution in [0.1, 0.15) is 24.9 Å². The first kappa shape index (κ1) is 13.8. The fourth-order valence-corrected chi connectivity index (χ4v) is 1.97. The molecule has 1 unspecified atom stereocenters. The summed E-state index contributed by atoms with van der Waals surface area (Å²) in [4.78, 5) is 0. The van der Waals surface area contributed by atoms with Crippen LogP contribution in [-0.2, 0) is 4.74 Å². The molecule has 2 nitrogen and oxygen atoms in total. The van der Waals surface area contributed by atoms with Crippen LogP contribution in [0.15, 0.2) is 18.2 Å². The van der Waals surface area contributed by atoms with Crippen LogP contribution in [0.5, 0.6) is 0 Å². The number of benzene rings is 1. The molecule has 0 aromatic heterocycles. The van der Waals surface area contributed by atoms with Gasteiger partial charge in [0.25, 0.3) is 0 Å². The highest BCUT2D eigenvalue weighted by Crippen LogP contribution is 2.29. The molecule has 0 saturated carbocycles. The summed E-state index contributed by atoms with van der Waals surface area (Å²) in [7, 11) is 1.71. The molecule has 0 fully saturated rings. The van der Waals surface area contributed by atoms with Crippen molar-refractivity contribution in [3.63, 3.8) is 0 Å². The average molecular weight is 262 g/mol. The molecule has 0 aliphatic carbocycles. The van der Waals surface area contributed by atoms with Gasteiger partial charge in [0.05, 0.1) is 10.0 Å². The van der Waals surface area contributed by atoms with Crippen molar-refractivity contribution >= 4 is 23.2 Å².